The monoisotopic (exact) mass is 524 g/mol. The van der Waals surface area contributed by atoms with Crippen molar-refractivity contribution in [3.05, 3.63) is 80.6 Å². The van der Waals surface area contributed by atoms with Gasteiger partial charge in [0.15, 0.2) is 0 Å². The molecule has 1 amide bonds. The van der Waals surface area contributed by atoms with Crippen LogP contribution in [-0.2, 0) is 16.0 Å². The number of thioether (sulfide) groups is 1. The number of amides is 1. The fourth-order valence-corrected chi connectivity index (χ4v) is 5.13. The maximum Gasteiger partial charge on any atom is 0.267 e. The average Bonchev–Trinajstić information content (AvgIpc) is 3.14. The van der Waals surface area contributed by atoms with E-state index in [0.717, 1.165) is 18.4 Å². The zero-order valence-corrected chi connectivity index (χ0v) is 21.6. The number of thiocarbonyl (C=S) groups is 1. The predicted octanol–water partition coefficient (Wildman–Crippen LogP) is 3.26. The van der Waals surface area contributed by atoms with Crippen molar-refractivity contribution < 1.29 is 14.6 Å². The Hall–Kier alpha value is -3.05. The molecule has 0 saturated carbocycles. The van der Waals surface area contributed by atoms with Crippen LogP contribution in [0.1, 0.15) is 23.1 Å². The van der Waals surface area contributed by atoms with Gasteiger partial charge in [-0.05, 0) is 43.0 Å². The van der Waals surface area contributed by atoms with E-state index in [1.807, 2.05) is 31.2 Å². The van der Waals surface area contributed by atoms with E-state index < -0.39 is 0 Å². The lowest BCUT2D eigenvalue weighted by atomic mass is 10.1. The Labute approximate surface area is 219 Å². The first-order valence-electron chi connectivity index (χ1n) is 11.7. The summed E-state index contributed by atoms with van der Waals surface area (Å²) in [5.41, 5.74) is 2.62. The van der Waals surface area contributed by atoms with Gasteiger partial charge in [-0.25, -0.2) is 4.98 Å². The summed E-state index contributed by atoms with van der Waals surface area (Å²) in [6.45, 7) is 3.30. The Morgan fingerprint density at radius 3 is 2.75 bits per heavy atom. The van der Waals surface area contributed by atoms with E-state index in [4.69, 9.17) is 22.1 Å². The van der Waals surface area contributed by atoms with E-state index >= 15 is 0 Å². The molecule has 188 valence electrons. The number of aliphatic hydroxyl groups is 1. The van der Waals surface area contributed by atoms with Crippen LogP contribution < -0.4 is 10.9 Å². The first-order valence-corrected chi connectivity index (χ1v) is 12.9. The second-order valence-electron chi connectivity index (χ2n) is 8.30. The number of carbonyl (C=O) groups is 1. The summed E-state index contributed by atoms with van der Waals surface area (Å²) in [4.78, 5) is 33.2. The lowest BCUT2D eigenvalue weighted by Crippen LogP contribution is -2.29. The van der Waals surface area contributed by atoms with Gasteiger partial charge in [0.2, 0.25) is 0 Å². The first-order chi connectivity index (χ1) is 17.5. The fraction of sp³-hybridized carbons (Fsp3) is 0.308. The normalized spacial score (nSPS) is 14.8. The van der Waals surface area contributed by atoms with E-state index in [1.54, 1.807) is 23.2 Å². The van der Waals surface area contributed by atoms with Crippen LogP contribution in [-0.4, -0.2) is 62.5 Å². The zero-order chi connectivity index (χ0) is 25.5. The van der Waals surface area contributed by atoms with E-state index in [0.29, 0.717) is 40.4 Å². The molecule has 1 aromatic carbocycles. The number of ether oxygens (including phenoxy) is 1. The summed E-state index contributed by atoms with van der Waals surface area (Å²) in [5.74, 6) is 0.162. The van der Waals surface area contributed by atoms with Crippen LogP contribution >= 0.6 is 24.0 Å². The second kappa shape index (κ2) is 12.3. The van der Waals surface area contributed by atoms with Gasteiger partial charge in [-0.3, -0.25) is 18.9 Å². The molecule has 10 heteroatoms. The maximum absolute atomic E-state index is 13.4. The molecule has 0 atom stereocenters. The maximum atomic E-state index is 13.4. The van der Waals surface area contributed by atoms with Crippen molar-refractivity contribution >= 4 is 51.7 Å². The number of aryl methyl sites for hydroxylation is 2. The van der Waals surface area contributed by atoms with Crippen LogP contribution in [0, 0.1) is 6.92 Å². The van der Waals surface area contributed by atoms with Crippen molar-refractivity contribution in [3.8, 4) is 0 Å². The molecule has 8 nitrogen and oxygen atoms in total. The minimum atomic E-state index is -0.281. The number of hydrogen-bond acceptors (Lipinski definition) is 8. The van der Waals surface area contributed by atoms with Gasteiger partial charge in [0.05, 0.1) is 30.3 Å². The summed E-state index contributed by atoms with van der Waals surface area (Å²) in [7, 11) is 0. The van der Waals surface area contributed by atoms with Crippen molar-refractivity contribution in [2.24, 2.45) is 0 Å². The second-order valence-corrected chi connectivity index (χ2v) is 9.97. The summed E-state index contributed by atoms with van der Waals surface area (Å²) < 4.78 is 7.27. The number of fused-ring (bicyclic) bond motifs is 1. The molecule has 0 spiro atoms. The molecule has 1 fully saturated rings. The van der Waals surface area contributed by atoms with E-state index in [2.05, 4.69) is 22.4 Å². The van der Waals surface area contributed by atoms with Crippen LogP contribution in [0.4, 0.5) is 5.82 Å². The molecule has 2 N–H and O–H groups in total. The molecule has 4 rings (SSSR count). The quantitative estimate of drug-likeness (QED) is 0.224. The lowest BCUT2D eigenvalue weighted by molar-refractivity contribution is -0.122. The molecule has 0 bridgehead atoms. The molecule has 0 aliphatic carbocycles. The highest BCUT2D eigenvalue weighted by molar-refractivity contribution is 8.26. The summed E-state index contributed by atoms with van der Waals surface area (Å²) in [5, 5.41) is 12.0. The molecule has 0 unspecified atom stereocenters. The smallest absolute Gasteiger partial charge is 0.267 e. The summed E-state index contributed by atoms with van der Waals surface area (Å²) >= 11 is 6.68. The Balaban J connectivity index is 1.57. The molecule has 2 aromatic heterocycles. The van der Waals surface area contributed by atoms with Crippen molar-refractivity contribution in [1.29, 1.82) is 0 Å². The lowest BCUT2D eigenvalue weighted by Gasteiger charge is -2.14. The minimum Gasteiger partial charge on any atom is -0.394 e. The van der Waals surface area contributed by atoms with Gasteiger partial charge in [0.1, 0.15) is 15.8 Å². The number of hydrogen-bond donors (Lipinski definition) is 2. The number of aromatic nitrogens is 2. The molecule has 1 saturated heterocycles. The molecule has 36 heavy (non-hydrogen) atoms. The van der Waals surface area contributed by atoms with Crippen LogP contribution in [0.15, 0.2) is 58.4 Å². The SMILES string of the molecule is Cc1ccc2nc(NCCOCCO)c(/C=C3\SC(=S)N(CCCc4ccccc4)C3=O)c(=O)n2c1. The highest BCUT2D eigenvalue weighted by Gasteiger charge is 2.32. The van der Waals surface area contributed by atoms with Gasteiger partial charge in [-0.2, -0.15) is 0 Å². The number of rotatable bonds is 11. The van der Waals surface area contributed by atoms with Crippen molar-refractivity contribution in [1.82, 2.24) is 14.3 Å². The Kier molecular flexibility index (Phi) is 8.87. The average molecular weight is 525 g/mol. The van der Waals surface area contributed by atoms with E-state index in [1.165, 1.54) is 21.7 Å². The number of pyridine rings is 1. The van der Waals surface area contributed by atoms with Gasteiger partial charge in [0, 0.05) is 19.3 Å². The summed E-state index contributed by atoms with van der Waals surface area (Å²) in [6.07, 6.45) is 4.94. The van der Waals surface area contributed by atoms with Gasteiger partial charge in [0.25, 0.3) is 11.5 Å². The van der Waals surface area contributed by atoms with Crippen molar-refractivity contribution in [3.63, 3.8) is 0 Å². The van der Waals surface area contributed by atoms with Crippen LogP contribution in [0.3, 0.4) is 0 Å². The highest BCUT2D eigenvalue weighted by Crippen LogP contribution is 2.33. The third-order valence-corrected chi connectivity index (χ3v) is 7.00. The first kappa shape index (κ1) is 26.0. The molecule has 3 heterocycles. The summed E-state index contributed by atoms with van der Waals surface area (Å²) in [6, 6.07) is 13.8. The van der Waals surface area contributed by atoms with Gasteiger partial charge in [-0.1, -0.05) is 60.4 Å². The molecule has 1 aliphatic rings. The zero-order valence-electron chi connectivity index (χ0n) is 20.0. The molecule has 3 aromatic rings. The molecule has 0 radical (unpaired) electrons. The molecular formula is C26H28N4O4S2. The van der Waals surface area contributed by atoms with Gasteiger partial charge < -0.3 is 15.2 Å². The largest absolute Gasteiger partial charge is 0.394 e. The van der Waals surface area contributed by atoms with Crippen LogP contribution in [0.25, 0.3) is 11.7 Å². The standard InChI is InChI=1S/C26H28N4O4S2/c1-18-9-10-22-28-23(27-11-14-34-15-13-31)20(24(32)30(22)17-18)16-21-25(33)29(26(35)36-21)12-5-8-19-6-3-2-4-7-19/h2-4,6-7,9-10,16-17,27,31H,5,8,11-15H2,1H3/b21-16-. The highest BCUT2D eigenvalue weighted by atomic mass is 32.2. The topological polar surface area (TPSA) is 96.2 Å². The number of nitrogens with one attached hydrogen (secondary N) is 1. The Morgan fingerprint density at radius 1 is 1.17 bits per heavy atom. The number of anilines is 1. The molecule has 1 aliphatic heterocycles. The Bertz CT molecular complexity index is 1340. The number of carbonyl (C=O) groups excluding carboxylic acids is 1. The number of aliphatic hydroxyl groups excluding tert-OH is 1. The van der Waals surface area contributed by atoms with Crippen LogP contribution in [0.2, 0.25) is 0 Å². The van der Waals surface area contributed by atoms with Crippen molar-refractivity contribution in [2.45, 2.75) is 19.8 Å². The Morgan fingerprint density at radius 2 is 1.97 bits per heavy atom. The number of benzene rings is 1. The third kappa shape index (κ3) is 6.19. The number of nitrogens with zero attached hydrogens (tertiary/aromatic N) is 3. The van der Waals surface area contributed by atoms with Crippen LogP contribution in [0.5, 0.6) is 0 Å². The van der Waals surface area contributed by atoms with E-state index in [-0.39, 0.29) is 30.2 Å². The fourth-order valence-electron chi connectivity index (χ4n) is 3.84. The van der Waals surface area contributed by atoms with E-state index in [9.17, 15) is 9.59 Å². The third-order valence-electron chi connectivity index (χ3n) is 5.62. The molecular weight excluding hydrogens is 496 g/mol. The van der Waals surface area contributed by atoms with Gasteiger partial charge in [-0.15, -0.1) is 0 Å². The predicted molar refractivity (Wildman–Crippen MR) is 147 cm³/mol. The minimum absolute atomic E-state index is 0.0621. The van der Waals surface area contributed by atoms with Gasteiger partial charge >= 0.3 is 0 Å². The van der Waals surface area contributed by atoms with Crippen molar-refractivity contribution in [2.75, 3.05) is 38.2 Å².